The molecule has 1 rings (SSSR count). The minimum absolute atomic E-state index is 0.0752. The highest BCUT2D eigenvalue weighted by atomic mass is 79.9. The van der Waals surface area contributed by atoms with Crippen molar-refractivity contribution < 1.29 is 4.79 Å². The molecule has 94 valence electrons. The maximum Gasteiger partial charge on any atom is 0.224 e. The van der Waals surface area contributed by atoms with Crippen molar-refractivity contribution >= 4 is 33.4 Å². The number of hydrogen-bond acceptors (Lipinski definition) is 1. The van der Waals surface area contributed by atoms with Crippen LogP contribution in [0.5, 0.6) is 0 Å². The Morgan fingerprint density at radius 1 is 1.18 bits per heavy atom. The minimum Gasteiger partial charge on any atom is -0.356 e. The summed E-state index contributed by atoms with van der Waals surface area (Å²) in [5.41, 5.74) is 0.993. The van der Waals surface area contributed by atoms with Crippen molar-refractivity contribution in [2.24, 2.45) is 0 Å². The lowest BCUT2D eigenvalue weighted by Crippen LogP contribution is -2.26. The molecule has 0 saturated carbocycles. The molecule has 0 atom stereocenters. The number of carbonyl (C=O) groups excluding carboxylic acids is 1. The summed E-state index contributed by atoms with van der Waals surface area (Å²) in [5, 5.41) is 4.65. The zero-order valence-corrected chi connectivity index (χ0v) is 12.1. The van der Waals surface area contributed by atoms with Crippen molar-refractivity contribution in [3.63, 3.8) is 0 Å². The van der Waals surface area contributed by atoms with Crippen LogP contribution >= 0.6 is 27.5 Å². The van der Waals surface area contributed by atoms with Gasteiger partial charge in [0.2, 0.25) is 5.91 Å². The van der Waals surface area contributed by atoms with Crippen LogP contribution in [0.2, 0.25) is 5.02 Å². The molecule has 2 nitrogen and oxygen atoms in total. The van der Waals surface area contributed by atoms with Crippen LogP contribution in [0, 0.1) is 0 Å². The summed E-state index contributed by atoms with van der Waals surface area (Å²) in [7, 11) is 0. The maximum absolute atomic E-state index is 11.6. The summed E-state index contributed by atoms with van der Waals surface area (Å²) < 4.78 is 0. The van der Waals surface area contributed by atoms with E-state index >= 15 is 0 Å². The molecule has 0 bridgehead atoms. The van der Waals surface area contributed by atoms with Crippen LogP contribution in [0.1, 0.15) is 24.8 Å². The van der Waals surface area contributed by atoms with Crippen LogP contribution in [-0.4, -0.2) is 17.8 Å². The van der Waals surface area contributed by atoms with Gasteiger partial charge in [-0.25, -0.2) is 0 Å². The lowest BCUT2D eigenvalue weighted by molar-refractivity contribution is -0.120. The lowest BCUT2D eigenvalue weighted by atomic mass is 10.1. The molecular weight excluding hydrogens is 302 g/mol. The van der Waals surface area contributed by atoms with Crippen molar-refractivity contribution in [3.8, 4) is 0 Å². The number of rotatable bonds is 7. The van der Waals surface area contributed by atoms with Crippen LogP contribution in [0.3, 0.4) is 0 Å². The van der Waals surface area contributed by atoms with Crippen molar-refractivity contribution in [2.75, 3.05) is 11.9 Å². The predicted molar refractivity (Wildman–Crippen MR) is 75.8 cm³/mol. The first-order chi connectivity index (χ1) is 8.22. The van der Waals surface area contributed by atoms with E-state index in [-0.39, 0.29) is 5.91 Å². The number of benzene rings is 1. The second-order valence-corrected chi connectivity index (χ2v) is 5.13. The Morgan fingerprint density at radius 3 is 2.53 bits per heavy atom. The fourth-order valence-corrected chi connectivity index (χ4v) is 2.00. The molecule has 1 amide bonds. The zero-order chi connectivity index (χ0) is 12.5. The Kier molecular flexibility index (Phi) is 7.29. The van der Waals surface area contributed by atoms with Gasteiger partial charge in [0, 0.05) is 16.9 Å². The Labute approximate surface area is 116 Å². The maximum atomic E-state index is 11.6. The zero-order valence-electron chi connectivity index (χ0n) is 9.72. The second-order valence-electron chi connectivity index (χ2n) is 3.90. The van der Waals surface area contributed by atoms with Gasteiger partial charge in [-0.2, -0.15) is 0 Å². The summed E-state index contributed by atoms with van der Waals surface area (Å²) in [6, 6.07) is 7.37. The molecule has 0 saturated heterocycles. The summed E-state index contributed by atoms with van der Waals surface area (Å²) in [6.07, 6.45) is 3.77. The topological polar surface area (TPSA) is 29.1 Å². The fourth-order valence-electron chi connectivity index (χ4n) is 1.47. The van der Waals surface area contributed by atoms with E-state index in [1.54, 1.807) is 12.1 Å². The minimum atomic E-state index is 0.0752. The van der Waals surface area contributed by atoms with Crippen LogP contribution in [0.15, 0.2) is 24.3 Å². The number of halogens is 2. The van der Waals surface area contributed by atoms with Crippen molar-refractivity contribution in [1.29, 1.82) is 0 Å². The van der Waals surface area contributed by atoms with Gasteiger partial charge in [0.05, 0.1) is 6.42 Å². The summed E-state index contributed by atoms with van der Waals surface area (Å²) in [5.74, 6) is 0.0752. The number of hydrogen-bond donors (Lipinski definition) is 1. The average molecular weight is 319 g/mol. The Bertz CT molecular complexity index is 340. The molecular formula is C13H17BrClNO. The molecule has 0 aliphatic heterocycles. The summed E-state index contributed by atoms with van der Waals surface area (Å²) in [4.78, 5) is 11.6. The number of alkyl halides is 1. The molecule has 17 heavy (non-hydrogen) atoms. The van der Waals surface area contributed by atoms with Gasteiger partial charge in [0.1, 0.15) is 0 Å². The quantitative estimate of drug-likeness (QED) is 0.604. The number of unbranched alkanes of at least 4 members (excludes halogenated alkanes) is 2. The molecule has 0 unspecified atom stereocenters. The molecule has 0 aliphatic carbocycles. The first-order valence-corrected chi connectivity index (χ1v) is 7.29. The van der Waals surface area contributed by atoms with E-state index < -0.39 is 0 Å². The average Bonchev–Trinajstić information content (AvgIpc) is 2.32. The first kappa shape index (κ1) is 14.5. The smallest absolute Gasteiger partial charge is 0.224 e. The van der Waals surface area contributed by atoms with E-state index in [4.69, 9.17) is 11.6 Å². The predicted octanol–water partition coefficient (Wildman–Crippen LogP) is 3.56. The van der Waals surface area contributed by atoms with E-state index in [9.17, 15) is 4.79 Å². The van der Waals surface area contributed by atoms with Gasteiger partial charge in [-0.3, -0.25) is 4.79 Å². The van der Waals surface area contributed by atoms with E-state index in [0.717, 1.165) is 36.7 Å². The van der Waals surface area contributed by atoms with E-state index in [1.807, 2.05) is 12.1 Å². The normalized spacial score (nSPS) is 10.2. The van der Waals surface area contributed by atoms with Crippen molar-refractivity contribution in [2.45, 2.75) is 25.7 Å². The van der Waals surface area contributed by atoms with Crippen molar-refractivity contribution in [1.82, 2.24) is 5.32 Å². The van der Waals surface area contributed by atoms with Crippen LogP contribution in [-0.2, 0) is 11.2 Å². The Hall–Kier alpha value is -0.540. The number of carbonyl (C=O) groups is 1. The van der Waals surface area contributed by atoms with Crippen LogP contribution < -0.4 is 5.32 Å². The van der Waals surface area contributed by atoms with Gasteiger partial charge < -0.3 is 5.32 Å². The highest BCUT2D eigenvalue weighted by molar-refractivity contribution is 9.09. The third-order valence-corrected chi connectivity index (χ3v) is 3.22. The second kappa shape index (κ2) is 8.54. The molecule has 0 radical (unpaired) electrons. The summed E-state index contributed by atoms with van der Waals surface area (Å²) >= 11 is 9.16. The van der Waals surface area contributed by atoms with Gasteiger partial charge in [0.15, 0.2) is 0 Å². The monoisotopic (exact) mass is 317 g/mol. The van der Waals surface area contributed by atoms with Gasteiger partial charge in [-0.05, 0) is 30.5 Å². The van der Waals surface area contributed by atoms with E-state index in [2.05, 4.69) is 21.2 Å². The first-order valence-electron chi connectivity index (χ1n) is 5.79. The molecule has 1 aromatic rings. The SMILES string of the molecule is O=C(Cc1ccc(Cl)cc1)NCCCCCBr. The molecule has 1 aromatic carbocycles. The highest BCUT2D eigenvalue weighted by Crippen LogP contribution is 2.09. The Morgan fingerprint density at radius 2 is 1.88 bits per heavy atom. The third kappa shape index (κ3) is 6.69. The fraction of sp³-hybridized carbons (Fsp3) is 0.462. The molecule has 0 spiro atoms. The highest BCUT2D eigenvalue weighted by Gasteiger charge is 2.02. The van der Waals surface area contributed by atoms with Gasteiger partial charge in [0.25, 0.3) is 0 Å². The largest absolute Gasteiger partial charge is 0.356 e. The van der Waals surface area contributed by atoms with Gasteiger partial charge >= 0.3 is 0 Å². The third-order valence-electron chi connectivity index (χ3n) is 2.41. The van der Waals surface area contributed by atoms with Gasteiger partial charge in [-0.1, -0.05) is 46.1 Å². The number of amides is 1. The van der Waals surface area contributed by atoms with Crippen LogP contribution in [0.4, 0.5) is 0 Å². The molecule has 1 N–H and O–H groups in total. The number of nitrogens with one attached hydrogen (secondary N) is 1. The van der Waals surface area contributed by atoms with E-state index in [1.165, 1.54) is 0 Å². The molecule has 0 heterocycles. The molecule has 0 aromatic heterocycles. The summed E-state index contributed by atoms with van der Waals surface area (Å²) in [6.45, 7) is 0.763. The Balaban J connectivity index is 2.18. The molecule has 0 aliphatic rings. The standard InChI is InChI=1S/C13H17BrClNO/c14-8-2-1-3-9-16-13(17)10-11-4-6-12(15)7-5-11/h4-7H,1-3,8-10H2,(H,16,17). The van der Waals surface area contributed by atoms with Crippen LogP contribution in [0.25, 0.3) is 0 Å². The van der Waals surface area contributed by atoms with E-state index in [0.29, 0.717) is 11.4 Å². The van der Waals surface area contributed by atoms with Crippen molar-refractivity contribution in [3.05, 3.63) is 34.9 Å². The van der Waals surface area contributed by atoms with Gasteiger partial charge in [-0.15, -0.1) is 0 Å². The molecule has 4 heteroatoms. The lowest BCUT2D eigenvalue weighted by Gasteiger charge is -2.05. The molecule has 0 fully saturated rings.